The molecule has 0 aliphatic carbocycles. The van der Waals surface area contributed by atoms with Gasteiger partial charge in [0.2, 0.25) is 0 Å². The van der Waals surface area contributed by atoms with Gasteiger partial charge in [0, 0.05) is 19.3 Å². The predicted molar refractivity (Wildman–Crippen MR) is 311 cm³/mol. The summed E-state index contributed by atoms with van der Waals surface area (Å²) in [4.78, 5) is 38.1. The predicted octanol–water partition coefficient (Wildman–Crippen LogP) is 20.0. The van der Waals surface area contributed by atoms with Crippen LogP contribution in [0, 0.1) is 0 Å². The van der Waals surface area contributed by atoms with E-state index in [9.17, 15) is 14.4 Å². The highest BCUT2D eigenvalue weighted by Crippen LogP contribution is 2.13. The monoisotopic (exact) mass is 997 g/mol. The highest BCUT2D eigenvalue weighted by atomic mass is 16.6. The molecule has 0 aromatic carbocycles. The first kappa shape index (κ1) is 67.8. The van der Waals surface area contributed by atoms with E-state index in [1.165, 1.54) is 70.6 Å². The van der Waals surface area contributed by atoms with E-state index in [1.54, 1.807) is 0 Å². The summed E-state index contributed by atoms with van der Waals surface area (Å²) >= 11 is 0. The van der Waals surface area contributed by atoms with Crippen LogP contribution >= 0.6 is 0 Å². The number of carbonyl (C=O) groups is 3. The number of carbonyl (C=O) groups excluding carboxylic acids is 3. The van der Waals surface area contributed by atoms with E-state index >= 15 is 0 Å². The minimum atomic E-state index is -0.799. The summed E-state index contributed by atoms with van der Waals surface area (Å²) in [5, 5.41) is 0. The van der Waals surface area contributed by atoms with Crippen molar-refractivity contribution in [3.05, 3.63) is 122 Å². The van der Waals surface area contributed by atoms with Crippen molar-refractivity contribution >= 4 is 17.9 Å². The van der Waals surface area contributed by atoms with Crippen LogP contribution in [0.15, 0.2) is 122 Å². The van der Waals surface area contributed by atoms with Crippen molar-refractivity contribution in [2.24, 2.45) is 0 Å². The van der Waals surface area contributed by atoms with Crippen molar-refractivity contribution < 1.29 is 28.6 Å². The molecule has 0 aliphatic rings. The first-order chi connectivity index (χ1) is 35.5. The number of rotatable bonds is 52. The van der Waals surface area contributed by atoms with Gasteiger partial charge in [-0.15, -0.1) is 0 Å². The van der Waals surface area contributed by atoms with Gasteiger partial charge in [-0.25, -0.2) is 0 Å². The van der Waals surface area contributed by atoms with Gasteiger partial charge in [0.25, 0.3) is 0 Å². The molecule has 72 heavy (non-hydrogen) atoms. The molecule has 408 valence electrons. The zero-order chi connectivity index (χ0) is 52.2. The average molecular weight is 998 g/mol. The molecule has 0 aliphatic heterocycles. The van der Waals surface area contributed by atoms with Crippen LogP contribution in [-0.2, 0) is 28.6 Å². The van der Waals surface area contributed by atoms with Crippen LogP contribution in [0.1, 0.15) is 258 Å². The molecule has 0 aromatic rings. The molecule has 0 rings (SSSR count). The standard InChI is InChI=1S/C66H108O6/c1-4-7-10-13-16-19-22-25-26-27-28-29-30-31-32-33-34-35-36-37-38-39-40-42-44-47-50-53-56-59-65(68)71-62-63(61-70-64(67)58-55-52-49-46-43-24-21-18-15-12-9-6-3)72-66(69)60-57-54-51-48-45-41-23-20-17-14-11-8-5-2/h7,10,16,18-21,23,25-26,28-29,31-32,34-35,37-38,40,42,63H,4-6,8-9,11-15,17,22,24,27,30,33,36,39,41,43-62H2,1-3H3/b10-7-,19-16-,21-18-,23-20-,26-25-,29-28-,32-31-,35-34-,38-37-,42-40-. The number of esters is 3. The van der Waals surface area contributed by atoms with Crippen LogP contribution in [0.2, 0.25) is 0 Å². The minimum Gasteiger partial charge on any atom is -0.462 e. The quantitative estimate of drug-likeness (QED) is 0.0261. The molecule has 0 bridgehead atoms. The molecule has 0 radical (unpaired) electrons. The van der Waals surface area contributed by atoms with Gasteiger partial charge in [-0.2, -0.15) is 0 Å². The molecule has 6 heteroatoms. The third kappa shape index (κ3) is 56.7. The summed E-state index contributed by atoms with van der Waals surface area (Å²) < 4.78 is 16.8. The van der Waals surface area contributed by atoms with Crippen LogP contribution in [-0.4, -0.2) is 37.2 Å². The molecule has 0 aromatic heterocycles. The molecule has 1 atom stereocenters. The third-order valence-corrected chi connectivity index (χ3v) is 12.2. The molecular formula is C66H108O6. The molecular weight excluding hydrogens is 889 g/mol. The van der Waals surface area contributed by atoms with E-state index in [1.807, 2.05) is 0 Å². The number of ether oxygens (including phenoxy) is 3. The number of allylic oxidation sites excluding steroid dienone is 20. The SMILES string of the molecule is CC/C=C\C/C=C\C/C=C\C/C=C\C/C=C\C/C=C\C/C=C\C/C=C\CCCCCCC(=O)OCC(COC(=O)CCCCCCC/C=C\CCCCC)OC(=O)CCCCCCC/C=C\CCCCCC. The topological polar surface area (TPSA) is 78.9 Å². The first-order valence-corrected chi connectivity index (χ1v) is 29.5. The summed E-state index contributed by atoms with van der Waals surface area (Å²) in [6.07, 6.45) is 81.9. The van der Waals surface area contributed by atoms with Gasteiger partial charge in [-0.3, -0.25) is 14.4 Å². The highest BCUT2D eigenvalue weighted by Gasteiger charge is 2.19. The second kappa shape index (κ2) is 59.4. The maximum absolute atomic E-state index is 12.8. The number of unbranched alkanes of at least 4 members (excludes halogenated alkanes) is 21. The minimum absolute atomic E-state index is 0.0959. The zero-order valence-corrected chi connectivity index (χ0v) is 46.7. The molecule has 0 spiro atoms. The van der Waals surface area contributed by atoms with Crippen molar-refractivity contribution in [3.63, 3.8) is 0 Å². The fourth-order valence-electron chi connectivity index (χ4n) is 7.74. The molecule has 0 saturated carbocycles. The van der Waals surface area contributed by atoms with Crippen molar-refractivity contribution in [2.75, 3.05) is 13.2 Å². The van der Waals surface area contributed by atoms with Crippen LogP contribution in [0.25, 0.3) is 0 Å². The van der Waals surface area contributed by atoms with E-state index in [-0.39, 0.29) is 31.1 Å². The molecule has 0 N–H and O–H groups in total. The Morgan fingerprint density at radius 3 is 0.889 bits per heavy atom. The average Bonchev–Trinajstić information content (AvgIpc) is 3.38. The van der Waals surface area contributed by atoms with E-state index < -0.39 is 6.10 Å². The molecule has 0 saturated heterocycles. The fraction of sp³-hybridized carbons (Fsp3) is 0.652. The third-order valence-electron chi connectivity index (χ3n) is 12.2. The second-order valence-corrected chi connectivity index (χ2v) is 19.2. The highest BCUT2D eigenvalue weighted by molar-refractivity contribution is 5.71. The second-order valence-electron chi connectivity index (χ2n) is 19.2. The van der Waals surface area contributed by atoms with E-state index in [0.29, 0.717) is 19.3 Å². The maximum Gasteiger partial charge on any atom is 0.306 e. The smallest absolute Gasteiger partial charge is 0.306 e. The van der Waals surface area contributed by atoms with Gasteiger partial charge in [-0.05, 0) is 135 Å². The molecule has 6 nitrogen and oxygen atoms in total. The van der Waals surface area contributed by atoms with Gasteiger partial charge in [0.1, 0.15) is 13.2 Å². The lowest BCUT2D eigenvalue weighted by atomic mass is 10.1. The van der Waals surface area contributed by atoms with Crippen molar-refractivity contribution in [1.29, 1.82) is 0 Å². The Hall–Kier alpha value is -4.19. The Morgan fingerprint density at radius 2 is 0.542 bits per heavy atom. The maximum atomic E-state index is 12.8. The molecule has 0 fully saturated rings. The van der Waals surface area contributed by atoms with E-state index in [0.717, 1.165) is 148 Å². The summed E-state index contributed by atoms with van der Waals surface area (Å²) in [5.74, 6) is -0.942. The van der Waals surface area contributed by atoms with Crippen LogP contribution in [0.4, 0.5) is 0 Å². The lowest BCUT2D eigenvalue weighted by Crippen LogP contribution is -2.30. The van der Waals surface area contributed by atoms with Gasteiger partial charge in [-0.1, -0.05) is 226 Å². The van der Waals surface area contributed by atoms with Crippen molar-refractivity contribution in [3.8, 4) is 0 Å². The van der Waals surface area contributed by atoms with Crippen molar-refractivity contribution in [1.82, 2.24) is 0 Å². The van der Waals surface area contributed by atoms with E-state index in [4.69, 9.17) is 14.2 Å². The Bertz CT molecular complexity index is 1520. The Morgan fingerprint density at radius 1 is 0.292 bits per heavy atom. The van der Waals surface area contributed by atoms with Gasteiger partial charge >= 0.3 is 17.9 Å². The number of hydrogen-bond acceptors (Lipinski definition) is 6. The molecule has 1 unspecified atom stereocenters. The van der Waals surface area contributed by atoms with Crippen LogP contribution in [0.5, 0.6) is 0 Å². The lowest BCUT2D eigenvalue weighted by molar-refractivity contribution is -0.167. The normalized spacial score (nSPS) is 13.0. The summed E-state index contributed by atoms with van der Waals surface area (Å²) in [6.45, 7) is 6.44. The van der Waals surface area contributed by atoms with Gasteiger partial charge in [0.15, 0.2) is 6.10 Å². The molecule has 0 amide bonds. The summed E-state index contributed by atoms with van der Waals surface area (Å²) in [5.41, 5.74) is 0. The Balaban J connectivity index is 4.35. The number of hydrogen-bond donors (Lipinski definition) is 0. The lowest BCUT2D eigenvalue weighted by Gasteiger charge is -2.18. The largest absolute Gasteiger partial charge is 0.462 e. The van der Waals surface area contributed by atoms with Gasteiger partial charge < -0.3 is 14.2 Å². The van der Waals surface area contributed by atoms with Crippen LogP contribution in [0.3, 0.4) is 0 Å². The van der Waals surface area contributed by atoms with Crippen molar-refractivity contribution in [2.45, 2.75) is 264 Å². The fourth-order valence-corrected chi connectivity index (χ4v) is 7.74. The Kier molecular flexibility index (Phi) is 55.9. The molecule has 0 heterocycles. The Labute approximate surface area is 443 Å². The first-order valence-electron chi connectivity index (χ1n) is 29.5. The zero-order valence-electron chi connectivity index (χ0n) is 46.7. The van der Waals surface area contributed by atoms with E-state index in [2.05, 4.69) is 142 Å². The summed E-state index contributed by atoms with van der Waals surface area (Å²) in [7, 11) is 0. The van der Waals surface area contributed by atoms with Gasteiger partial charge in [0.05, 0.1) is 0 Å². The summed E-state index contributed by atoms with van der Waals surface area (Å²) in [6, 6.07) is 0. The van der Waals surface area contributed by atoms with Crippen LogP contribution < -0.4 is 0 Å².